The molecule has 9 rings (SSSR count). The normalized spacial score (nSPS) is 21.6. The monoisotopic (exact) mass is 904 g/mol. The standard InChI is InChI=1S/C50H56N4O12/c1-6-18-64-47(58)52-28-33-21-32(31-9-11-34(60-3)12-10-31)27-51(33)44(55)35-22-41(62-5)43(24-37(35)52)66-30-49(14-15-49)13-8-20-63-42-25-38-36(23-40(42)61-4)45(56)53-29-50(16-17-50)26-39(53)46(57)54(38)48(59)65-19-7-2/h6-7,9-12,22-25,27,33,39,46,57H,1-2,8,13-21,26,28-30H2,3-5H3/t33-,39-,46?/m0/s1. The van der Waals surface area contributed by atoms with Crippen LogP contribution in [0.1, 0.15) is 77.6 Å². The number of aliphatic hydroxyl groups is 1. The third kappa shape index (κ3) is 8.38. The second-order valence-corrected chi connectivity index (χ2v) is 18.1. The molecule has 348 valence electrons. The number of ether oxygens (including phenoxy) is 7. The number of hydrogen-bond acceptors (Lipinski definition) is 12. The van der Waals surface area contributed by atoms with Gasteiger partial charge >= 0.3 is 12.2 Å². The summed E-state index contributed by atoms with van der Waals surface area (Å²) < 4.78 is 40.6. The van der Waals surface area contributed by atoms with Gasteiger partial charge in [-0.3, -0.25) is 14.5 Å². The highest BCUT2D eigenvalue weighted by molar-refractivity contribution is 6.07. The molecule has 2 aliphatic carbocycles. The molecule has 4 amide bonds. The molecule has 0 radical (unpaired) electrons. The van der Waals surface area contributed by atoms with Gasteiger partial charge in [-0.2, -0.15) is 0 Å². The van der Waals surface area contributed by atoms with E-state index >= 15 is 0 Å². The highest BCUT2D eigenvalue weighted by Crippen LogP contribution is 2.57. The molecule has 4 heterocycles. The summed E-state index contributed by atoms with van der Waals surface area (Å²) in [6.07, 6.45) is 8.34. The molecule has 0 bridgehead atoms. The van der Waals surface area contributed by atoms with Crippen LogP contribution in [-0.2, 0) is 9.47 Å². The molecule has 1 unspecified atom stereocenters. The van der Waals surface area contributed by atoms with Gasteiger partial charge in [0.25, 0.3) is 11.8 Å². The van der Waals surface area contributed by atoms with Gasteiger partial charge in [0.05, 0.1) is 75.7 Å². The summed E-state index contributed by atoms with van der Waals surface area (Å²) in [5.41, 5.74) is 2.76. The second-order valence-electron chi connectivity index (χ2n) is 18.1. The van der Waals surface area contributed by atoms with Crippen LogP contribution in [0.15, 0.2) is 80.0 Å². The van der Waals surface area contributed by atoms with Crippen LogP contribution in [0, 0.1) is 10.8 Å². The minimum Gasteiger partial charge on any atom is -0.497 e. The van der Waals surface area contributed by atoms with Gasteiger partial charge in [-0.05, 0) is 92.2 Å². The maximum Gasteiger partial charge on any atom is 0.416 e. The van der Waals surface area contributed by atoms with E-state index in [1.165, 1.54) is 31.3 Å². The van der Waals surface area contributed by atoms with Crippen molar-refractivity contribution in [3.63, 3.8) is 0 Å². The van der Waals surface area contributed by atoms with Gasteiger partial charge in [-0.1, -0.05) is 37.4 Å². The molecule has 66 heavy (non-hydrogen) atoms. The van der Waals surface area contributed by atoms with Gasteiger partial charge in [-0.15, -0.1) is 0 Å². The molecule has 6 aliphatic rings. The second kappa shape index (κ2) is 17.9. The van der Waals surface area contributed by atoms with Crippen molar-refractivity contribution in [1.82, 2.24) is 9.80 Å². The first-order valence-electron chi connectivity index (χ1n) is 22.4. The van der Waals surface area contributed by atoms with E-state index < -0.39 is 24.5 Å². The Morgan fingerprint density at radius 3 is 2.09 bits per heavy atom. The number of rotatable bonds is 16. The summed E-state index contributed by atoms with van der Waals surface area (Å²) in [6.45, 7) is 8.59. The first kappa shape index (κ1) is 44.5. The molecule has 3 atom stereocenters. The molecule has 1 N–H and O–H groups in total. The van der Waals surface area contributed by atoms with Crippen LogP contribution in [0.2, 0.25) is 0 Å². The molecule has 16 heteroatoms. The number of carbonyl (C=O) groups is 4. The Kier molecular flexibility index (Phi) is 12.1. The lowest BCUT2D eigenvalue weighted by molar-refractivity contribution is 0.0496. The number of anilines is 2. The van der Waals surface area contributed by atoms with E-state index in [9.17, 15) is 24.3 Å². The van der Waals surface area contributed by atoms with Crippen LogP contribution in [0.3, 0.4) is 0 Å². The van der Waals surface area contributed by atoms with Crippen LogP contribution >= 0.6 is 0 Å². The van der Waals surface area contributed by atoms with Gasteiger partial charge in [0.15, 0.2) is 29.2 Å². The number of benzene rings is 3. The largest absolute Gasteiger partial charge is 0.497 e. The third-order valence-corrected chi connectivity index (χ3v) is 13.8. The zero-order valence-corrected chi connectivity index (χ0v) is 37.6. The zero-order valence-electron chi connectivity index (χ0n) is 37.6. The van der Waals surface area contributed by atoms with Crippen molar-refractivity contribution in [1.29, 1.82) is 0 Å². The fourth-order valence-electron chi connectivity index (χ4n) is 9.79. The SMILES string of the molecule is C=CCOC(=O)N1C[C@@H]2CC(c3ccc(OC)cc3)=CN2C(=O)c2cc(OC)c(OCC3(CCCOc4cc5c(cc4OC)C(=O)N4CC6(CC6)C[C@H]4C(O)N5C(=O)OCC=C)CC3)cc21. The molecule has 3 fully saturated rings. The number of carbonyl (C=O) groups excluding carboxylic acids is 4. The van der Waals surface area contributed by atoms with E-state index in [0.717, 1.165) is 53.9 Å². The van der Waals surface area contributed by atoms with Crippen LogP contribution < -0.4 is 33.5 Å². The summed E-state index contributed by atoms with van der Waals surface area (Å²) in [6, 6.07) is 13.2. The Morgan fingerprint density at radius 1 is 0.803 bits per heavy atom. The topological polar surface area (TPSA) is 166 Å². The Hall–Kier alpha value is -6.68. The lowest BCUT2D eigenvalue weighted by Crippen LogP contribution is -2.50. The van der Waals surface area contributed by atoms with E-state index in [2.05, 4.69) is 13.2 Å². The van der Waals surface area contributed by atoms with Crippen molar-refractivity contribution in [2.75, 3.05) is 70.6 Å². The molecular weight excluding hydrogens is 849 g/mol. The minimum absolute atomic E-state index is 0.000990. The maximum atomic E-state index is 14.3. The average Bonchev–Trinajstić information content (AvgIpc) is 4.22. The van der Waals surface area contributed by atoms with Crippen LogP contribution in [-0.4, -0.2) is 118 Å². The van der Waals surface area contributed by atoms with E-state index in [1.54, 1.807) is 41.2 Å². The minimum atomic E-state index is -1.33. The van der Waals surface area contributed by atoms with Gasteiger partial charge in [0.1, 0.15) is 19.0 Å². The number of hydrogen-bond donors (Lipinski definition) is 1. The van der Waals surface area contributed by atoms with E-state index in [1.807, 2.05) is 30.5 Å². The lowest BCUT2D eigenvalue weighted by atomic mass is 10.0. The van der Waals surface area contributed by atoms with Gasteiger partial charge < -0.3 is 48.1 Å². The quantitative estimate of drug-likeness (QED) is 0.111. The zero-order chi connectivity index (χ0) is 46.3. The Balaban J connectivity index is 0.900. The van der Waals surface area contributed by atoms with Gasteiger partial charge in [-0.25, -0.2) is 14.5 Å². The number of amides is 4. The maximum absolute atomic E-state index is 14.3. The number of methoxy groups -OCH3 is 3. The number of aliphatic hydroxyl groups excluding tert-OH is 1. The highest BCUT2D eigenvalue weighted by Gasteiger charge is 2.58. The fraction of sp³-hybridized carbons (Fsp3) is 0.440. The summed E-state index contributed by atoms with van der Waals surface area (Å²) in [4.78, 5) is 61.6. The molecule has 0 aromatic heterocycles. The molecule has 2 saturated carbocycles. The molecular formula is C50H56N4O12. The van der Waals surface area contributed by atoms with Gasteiger partial charge in [0, 0.05) is 30.3 Å². The number of fused-ring (bicyclic) bond motifs is 4. The van der Waals surface area contributed by atoms with Crippen LogP contribution in [0.25, 0.3) is 5.57 Å². The van der Waals surface area contributed by atoms with Crippen molar-refractivity contribution in [3.8, 4) is 28.7 Å². The summed E-state index contributed by atoms with van der Waals surface area (Å²) >= 11 is 0. The summed E-state index contributed by atoms with van der Waals surface area (Å²) in [7, 11) is 4.62. The molecule has 1 spiro atoms. The fourth-order valence-corrected chi connectivity index (χ4v) is 9.79. The Labute approximate surface area is 383 Å². The predicted octanol–water partition coefficient (Wildman–Crippen LogP) is 7.58. The Morgan fingerprint density at radius 2 is 1.45 bits per heavy atom. The molecule has 3 aromatic carbocycles. The van der Waals surface area contributed by atoms with Crippen LogP contribution in [0.5, 0.6) is 28.7 Å². The first-order valence-corrected chi connectivity index (χ1v) is 22.4. The van der Waals surface area contributed by atoms with Crippen LogP contribution in [0.4, 0.5) is 21.0 Å². The third-order valence-electron chi connectivity index (χ3n) is 13.8. The molecule has 1 saturated heterocycles. The average molecular weight is 905 g/mol. The van der Waals surface area contributed by atoms with Gasteiger partial charge in [0.2, 0.25) is 0 Å². The number of nitrogens with zero attached hydrogens (tertiary/aromatic N) is 4. The van der Waals surface area contributed by atoms with Crippen molar-refractivity contribution in [3.05, 3.63) is 96.7 Å². The summed E-state index contributed by atoms with van der Waals surface area (Å²) in [5.74, 6) is 1.55. The molecule has 3 aromatic rings. The molecule has 4 aliphatic heterocycles. The first-order chi connectivity index (χ1) is 31.9. The Bertz CT molecular complexity index is 2460. The predicted molar refractivity (Wildman–Crippen MR) is 243 cm³/mol. The highest BCUT2D eigenvalue weighted by atomic mass is 16.6. The van der Waals surface area contributed by atoms with Crippen molar-refractivity contribution in [2.24, 2.45) is 10.8 Å². The smallest absolute Gasteiger partial charge is 0.416 e. The van der Waals surface area contributed by atoms with Crippen molar-refractivity contribution >= 4 is 40.9 Å². The van der Waals surface area contributed by atoms with Crippen molar-refractivity contribution in [2.45, 2.75) is 69.7 Å². The van der Waals surface area contributed by atoms with E-state index in [4.69, 9.17) is 33.2 Å². The molecule has 16 nitrogen and oxygen atoms in total. The summed E-state index contributed by atoms with van der Waals surface area (Å²) in [5, 5.41) is 11.7. The van der Waals surface area contributed by atoms with E-state index in [-0.39, 0.29) is 71.9 Å². The van der Waals surface area contributed by atoms with Crippen molar-refractivity contribution < 1.29 is 57.4 Å². The van der Waals surface area contributed by atoms with E-state index in [0.29, 0.717) is 61.1 Å². The lowest BCUT2D eigenvalue weighted by Gasteiger charge is -2.31.